The number of likely N-dealkylation sites (tertiary alicyclic amines) is 1. The SMILES string of the molecule is Cc1nnc(NC(=O)CN2CC(c3nc(-c4ncccn4)no3)C2)s1.O=C(O)C(=O)O. The normalized spacial score (nSPS) is 13.6. The van der Waals surface area contributed by atoms with Crippen molar-refractivity contribution in [1.29, 1.82) is 0 Å². The Balaban J connectivity index is 0.000000401. The number of aromatic nitrogens is 6. The van der Waals surface area contributed by atoms with Gasteiger partial charge in [0.2, 0.25) is 28.6 Å². The van der Waals surface area contributed by atoms with Gasteiger partial charge in [-0.25, -0.2) is 19.6 Å². The molecule has 162 valence electrons. The van der Waals surface area contributed by atoms with E-state index in [4.69, 9.17) is 24.3 Å². The predicted molar refractivity (Wildman–Crippen MR) is 103 cm³/mol. The summed E-state index contributed by atoms with van der Waals surface area (Å²) < 4.78 is 5.29. The van der Waals surface area contributed by atoms with E-state index in [0.717, 1.165) is 5.01 Å². The molecule has 0 spiro atoms. The standard InChI is InChI=1S/C14H14N8O2S.C2H2O4/c1-8-19-20-14(25-8)17-10(23)7-22-5-9(6-22)13-18-12(21-24-13)11-15-3-2-4-16-11;3-1(4)2(5)6/h2-4,9H,5-7H2,1H3,(H,17,20,23);(H,3,4)(H,5,6). The third kappa shape index (κ3) is 6.06. The van der Waals surface area contributed by atoms with Crippen LogP contribution in [0.15, 0.2) is 23.0 Å². The zero-order valence-electron chi connectivity index (χ0n) is 16.0. The van der Waals surface area contributed by atoms with Gasteiger partial charge in [0, 0.05) is 25.5 Å². The molecule has 14 nitrogen and oxygen atoms in total. The number of hydrogen-bond donors (Lipinski definition) is 3. The maximum Gasteiger partial charge on any atom is 0.414 e. The molecule has 3 aromatic rings. The maximum atomic E-state index is 12.0. The van der Waals surface area contributed by atoms with Gasteiger partial charge in [-0.05, 0) is 13.0 Å². The molecule has 0 unspecified atom stereocenters. The lowest BCUT2D eigenvalue weighted by molar-refractivity contribution is -0.159. The number of anilines is 1. The number of amides is 1. The first kappa shape index (κ1) is 21.8. The van der Waals surface area contributed by atoms with Crippen LogP contribution in [-0.4, -0.2) is 82.9 Å². The summed E-state index contributed by atoms with van der Waals surface area (Å²) in [5.74, 6) is -2.30. The molecule has 3 N–H and O–H groups in total. The van der Waals surface area contributed by atoms with E-state index in [1.165, 1.54) is 11.3 Å². The van der Waals surface area contributed by atoms with Gasteiger partial charge in [0.25, 0.3) is 0 Å². The van der Waals surface area contributed by atoms with E-state index in [9.17, 15) is 4.79 Å². The first-order chi connectivity index (χ1) is 14.8. The second-order valence-electron chi connectivity index (χ2n) is 6.20. The molecule has 0 bridgehead atoms. The Hall–Kier alpha value is -3.85. The molecule has 1 aliphatic heterocycles. The molecule has 4 rings (SSSR count). The van der Waals surface area contributed by atoms with Crippen LogP contribution in [-0.2, 0) is 14.4 Å². The fourth-order valence-electron chi connectivity index (χ4n) is 2.47. The second-order valence-corrected chi connectivity index (χ2v) is 7.39. The molecule has 0 aromatic carbocycles. The van der Waals surface area contributed by atoms with E-state index in [0.29, 0.717) is 35.8 Å². The molecule has 1 amide bonds. The van der Waals surface area contributed by atoms with Crippen LogP contribution in [0.25, 0.3) is 11.6 Å². The van der Waals surface area contributed by atoms with Gasteiger partial charge in [-0.2, -0.15) is 4.98 Å². The zero-order chi connectivity index (χ0) is 22.4. The van der Waals surface area contributed by atoms with E-state index >= 15 is 0 Å². The van der Waals surface area contributed by atoms with Gasteiger partial charge >= 0.3 is 11.9 Å². The number of nitrogens with one attached hydrogen (secondary N) is 1. The van der Waals surface area contributed by atoms with Crippen molar-refractivity contribution in [2.45, 2.75) is 12.8 Å². The number of hydrogen-bond acceptors (Lipinski definition) is 12. The van der Waals surface area contributed by atoms with Crippen LogP contribution in [0.2, 0.25) is 0 Å². The molecule has 1 saturated heterocycles. The highest BCUT2D eigenvalue weighted by atomic mass is 32.1. The molecular weight excluding hydrogens is 432 g/mol. The van der Waals surface area contributed by atoms with Crippen molar-refractivity contribution in [3.63, 3.8) is 0 Å². The van der Waals surface area contributed by atoms with Crippen LogP contribution in [0.3, 0.4) is 0 Å². The Morgan fingerprint density at radius 3 is 2.42 bits per heavy atom. The van der Waals surface area contributed by atoms with Crippen molar-refractivity contribution < 1.29 is 29.1 Å². The van der Waals surface area contributed by atoms with Crippen LogP contribution >= 0.6 is 11.3 Å². The van der Waals surface area contributed by atoms with E-state index < -0.39 is 11.9 Å². The first-order valence-electron chi connectivity index (χ1n) is 8.71. The number of carbonyl (C=O) groups is 3. The number of aryl methyl sites for hydroxylation is 1. The maximum absolute atomic E-state index is 12.0. The number of aliphatic carboxylic acids is 2. The molecule has 0 atom stereocenters. The lowest BCUT2D eigenvalue weighted by Crippen LogP contribution is -2.48. The summed E-state index contributed by atoms with van der Waals surface area (Å²) in [7, 11) is 0. The van der Waals surface area contributed by atoms with E-state index in [1.807, 2.05) is 11.8 Å². The zero-order valence-corrected chi connectivity index (χ0v) is 16.8. The van der Waals surface area contributed by atoms with Crippen LogP contribution in [0.1, 0.15) is 16.8 Å². The minimum absolute atomic E-state index is 0.112. The number of carboxylic acids is 2. The minimum atomic E-state index is -1.82. The van der Waals surface area contributed by atoms with Crippen molar-refractivity contribution in [2.75, 3.05) is 25.0 Å². The highest BCUT2D eigenvalue weighted by Gasteiger charge is 2.34. The molecule has 1 fully saturated rings. The highest BCUT2D eigenvalue weighted by molar-refractivity contribution is 7.15. The Kier molecular flexibility index (Phi) is 6.88. The fourth-order valence-corrected chi connectivity index (χ4v) is 3.08. The van der Waals surface area contributed by atoms with Crippen molar-refractivity contribution in [1.82, 2.24) is 35.2 Å². The third-order valence-electron chi connectivity index (χ3n) is 3.84. The van der Waals surface area contributed by atoms with Gasteiger partial charge < -0.3 is 14.7 Å². The van der Waals surface area contributed by atoms with Crippen molar-refractivity contribution in [3.05, 3.63) is 29.4 Å². The van der Waals surface area contributed by atoms with Gasteiger partial charge in [-0.15, -0.1) is 10.2 Å². The molecule has 15 heteroatoms. The molecule has 31 heavy (non-hydrogen) atoms. The number of nitrogens with zero attached hydrogens (tertiary/aromatic N) is 7. The van der Waals surface area contributed by atoms with Gasteiger partial charge in [-0.3, -0.25) is 15.0 Å². The highest BCUT2D eigenvalue weighted by Crippen LogP contribution is 2.26. The van der Waals surface area contributed by atoms with Crippen molar-refractivity contribution in [2.24, 2.45) is 0 Å². The number of carbonyl (C=O) groups excluding carboxylic acids is 1. The average Bonchev–Trinajstić information content (AvgIpc) is 3.34. The smallest absolute Gasteiger partial charge is 0.414 e. The Bertz CT molecular complexity index is 1050. The topological polar surface area (TPSA) is 197 Å². The van der Waals surface area contributed by atoms with Crippen LogP contribution in [0, 0.1) is 6.92 Å². The van der Waals surface area contributed by atoms with Crippen LogP contribution in [0.5, 0.6) is 0 Å². The van der Waals surface area contributed by atoms with Gasteiger partial charge in [0.1, 0.15) is 5.01 Å². The molecule has 3 aromatic heterocycles. The monoisotopic (exact) mass is 448 g/mol. The summed E-state index contributed by atoms with van der Waals surface area (Å²) in [4.78, 5) is 44.7. The Labute approximate surface area is 178 Å². The molecular formula is C16H16N8O6S. The summed E-state index contributed by atoms with van der Waals surface area (Å²) in [6, 6.07) is 1.72. The summed E-state index contributed by atoms with van der Waals surface area (Å²) in [5, 5.41) is 30.5. The van der Waals surface area contributed by atoms with Gasteiger partial charge in [0.05, 0.1) is 12.5 Å². The van der Waals surface area contributed by atoms with Crippen molar-refractivity contribution in [3.8, 4) is 11.6 Å². The van der Waals surface area contributed by atoms with Crippen LogP contribution in [0.4, 0.5) is 5.13 Å². The predicted octanol–water partition coefficient (Wildman–Crippen LogP) is -0.120. The van der Waals surface area contributed by atoms with Crippen molar-refractivity contribution >= 4 is 34.3 Å². The van der Waals surface area contributed by atoms with E-state index in [2.05, 4.69) is 35.6 Å². The fraction of sp³-hybridized carbons (Fsp3) is 0.312. The van der Waals surface area contributed by atoms with Gasteiger partial charge in [-0.1, -0.05) is 16.5 Å². The number of rotatable bonds is 5. The second kappa shape index (κ2) is 9.77. The molecule has 0 saturated carbocycles. The molecule has 4 heterocycles. The summed E-state index contributed by atoms with van der Waals surface area (Å²) >= 11 is 1.35. The largest absolute Gasteiger partial charge is 0.473 e. The minimum Gasteiger partial charge on any atom is -0.473 e. The average molecular weight is 448 g/mol. The lowest BCUT2D eigenvalue weighted by Gasteiger charge is -2.36. The summed E-state index contributed by atoms with van der Waals surface area (Å²) in [5.41, 5.74) is 0. The Morgan fingerprint density at radius 1 is 1.16 bits per heavy atom. The third-order valence-corrected chi connectivity index (χ3v) is 4.59. The number of carboxylic acid groups (broad SMARTS) is 2. The summed E-state index contributed by atoms with van der Waals surface area (Å²) in [6.07, 6.45) is 3.25. The summed E-state index contributed by atoms with van der Waals surface area (Å²) in [6.45, 7) is 3.49. The van der Waals surface area contributed by atoms with Crippen LogP contribution < -0.4 is 5.32 Å². The quantitative estimate of drug-likeness (QED) is 0.437. The van der Waals surface area contributed by atoms with Gasteiger partial charge in [0.15, 0.2) is 0 Å². The molecule has 1 aliphatic rings. The molecule has 0 aliphatic carbocycles. The molecule has 0 radical (unpaired) electrons. The lowest BCUT2D eigenvalue weighted by atomic mass is 10.0. The van der Waals surface area contributed by atoms with E-state index in [-0.39, 0.29) is 18.4 Å². The Morgan fingerprint density at radius 2 is 1.84 bits per heavy atom. The first-order valence-corrected chi connectivity index (χ1v) is 9.53. The van der Waals surface area contributed by atoms with E-state index in [1.54, 1.807) is 18.5 Å².